The highest BCUT2D eigenvalue weighted by molar-refractivity contribution is 7.16. The number of hydrogen-bond acceptors (Lipinski definition) is 6. The van der Waals surface area contributed by atoms with Gasteiger partial charge in [-0.3, -0.25) is 4.98 Å². The van der Waals surface area contributed by atoms with Crippen molar-refractivity contribution in [1.82, 2.24) is 24.9 Å². The first-order chi connectivity index (χ1) is 13.4. The minimum atomic E-state index is 0.845. The van der Waals surface area contributed by atoms with Crippen LogP contribution in [0.25, 0.3) is 32.3 Å². The van der Waals surface area contributed by atoms with Crippen LogP contribution in [-0.4, -0.2) is 24.9 Å². The number of aromatic nitrogens is 5. The highest BCUT2D eigenvalue weighted by Gasteiger charge is 1.92. The number of nitrogens with one attached hydrogen (secondary N) is 1. The minimum absolute atomic E-state index is 0.845. The Kier molecular flexibility index (Phi) is 5.12. The molecule has 0 spiro atoms. The second-order valence-electron chi connectivity index (χ2n) is 5.44. The molecule has 0 radical (unpaired) electrons. The Hall–Kier alpha value is -3.58. The Morgan fingerprint density at radius 1 is 0.815 bits per heavy atom. The lowest BCUT2D eigenvalue weighted by Gasteiger charge is -1.80. The van der Waals surface area contributed by atoms with Gasteiger partial charge in [-0.25, -0.2) is 15.0 Å². The molecule has 0 aliphatic heterocycles. The van der Waals surface area contributed by atoms with Gasteiger partial charge < -0.3 is 9.40 Å². The van der Waals surface area contributed by atoms with Gasteiger partial charge in [-0.05, 0) is 30.3 Å². The van der Waals surface area contributed by atoms with Crippen molar-refractivity contribution in [3.8, 4) is 0 Å². The summed E-state index contributed by atoms with van der Waals surface area (Å²) >= 11 is 1.68. The number of benzene rings is 2. The van der Waals surface area contributed by atoms with Crippen LogP contribution in [0.3, 0.4) is 0 Å². The maximum atomic E-state index is 5.01. The molecule has 6 aromatic rings. The van der Waals surface area contributed by atoms with Gasteiger partial charge in [0.25, 0.3) is 0 Å². The monoisotopic (exact) mass is 373 g/mol. The molecule has 0 amide bonds. The maximum absolute atomic E-state index is 5.01. The van der Waals surface area contributed by atoms with E-state index < -0.39 is 0 Å². The van der Waals surface area contributed by atoms with Gasteiger partial charge in [-0.1, -0.05) is 24.3 Å². The molecule has 6 nitrogen and oxygen atoms in total. The molecule has 1 N–H and O–H groups in total. The van der Waals surface area contributed by atoms with Crippen molar-refractivity contribution in [2.75, 3.05) is 0 Å². The van der Waals surface area contributed by atoms with E-state index in [1.54, 1.807) is 30.1 Å². The molecule has 4 aromatic heterocycles. The van der Waals surface area contributed by atoms with Crippen molar-refractivity contribution in [2.45, 2.75) is 0 Å². The lowest BCUT2D eigenvalue weighted by molar-refractivity contribution is 0.602. The number of pyridine rings is 1. The molecule has 6 rings (SSSR count). The lowest BCUT2D eigenvalue weighted by Crippen LogP contribution is -1.69. The average Bonchev–Trinajstić information content (AvgIpc) is 3.48. The molecule has 7 heteroatoms. The van der Waals surface area contributed by atoms with Crippen molar-refractivity contribution in [2.24, 2.45) is 0 Å². The number of H-pyrrole nitrogens is 1. The molecule has 0 unspecified atom stereocenters. The SMILES string of the molecule is c1cc2nc[nH]c2cn1.c1ccc2ocnc2c1.c1ccc2scnc2c1. The van der Waals surface area contributed by atoms with E-state index in [9.17, 15) is 0 Å². The van der Waals surface area contributed by atoms with E-state index in [0.717, 1.165) is 27.6 Å². The molecular weight excluding hydrogens is 358 g/mol. The molecule has 27 heavy (non-hydrogen) atoms. The van der Waals surface area contributed by atoms with Crippen LogP contribution < -0.4 is 0 Å². The summed E-state index contributed by atoms with van der Waals surface area (Å²) in [5, 5.41) is 0. The molecule has 132 valence electrons. The standard InChI is InChI=1S/C7H5NO.C7H5NS.C6H5N3/c2*1-2-4-7-6(3-1)8-5-9-7;1-2-7-3-6-5(1)8-4-9-6/h2*1-5H;1-4H,(H,8,9). The second-order valence-corrected chi connectivity index (χ2v) is 6.32. The van der Waals surface area contributed by atoms with Crippen LogP contribution >= 0.6 is 11.3 Å². The van der Waals surface area contributed by atoms with Crippen LogP contribution in [0, 0.1) is 0 Å². The van der Waals surface area contributed by atoms with Gasteiger partial charge in [0.05, 0.1) is 39.3 Å². The van der Waals surface area contributed by atoms with E-state index in [-0.39, 0.29) is 0 Å². The van der Waals surface area contributed by atoms with Crippen LogP contribution in [0.2, 0.25) is 0 Å². The second kappa shape index (κ2) is 8.20. The number of hydrogen-bond donors (Lipinski definition) is 1. The molecule has 4 heterocycles. The summed E-state index contributed by atoms with van der Waals surface area (Å²) in [7, 11) is 0. The fraction of sp³-hybridized carbons (Fsp3) is 0. The van der Waals surface area contributed by atoms with Gasteiger partial charge >= 0.3 is 0 Å². The minimum Gasteiger partial charge on any atom is -0.443 e. The van der Waals surface area contributed by atoms with Crippen molar-refractivity contribution in [3.05, 3.63) is 85.2 Å². The summed E-state index contributed by atoms with van der Waals surface area (Å²) in [6.07, 6.45) is 6.59. The Balaban J connectivity index is 0.0000001000. The number of thiazole rings is 1. The zero-order valence-corrected chi connectivity index (χ0v) is 15.0. The fourth-order valence-electron chi connectivity index (χ4n) is 2.39. The van der Waals surface area contributed by atoms with Gasteiger partial charge in [0, 0.05) is 6.20 Å². The number of aromatic amines is 1. The predicted molar refractivity (Wildman–Crippen MR) is 108 cm³/mol. The highest BCUT2D eigenvalue weighted by atomic mass is 32.1. The topological polar surface area (TPSA) is 80.5 Å². The number of rotatable bonds is 0. The first-order valence-corrected chi connectivity index (χ1v) is 9.08. The van der Waals surface area contributed by atoms with Crippen LogP contribution in [0.5, 0.6) is 0 Å². The normalized spacial score (nSPS) is 10.2. The van der Waals surface area contributed by atoms with E-state index in [4.69, 9.17) is 4.42 Å². The first kappa shape index (κ1) is 16.9. The smallest absolute Gasteiger partial charge is 0.181 e. The number of imidazole rings is 1. The summed E-state index contributed by atoms with van der Waals surface area (Å²) in [5.74, 6) is 0. The third-order valence-corrected chi connectivity index (χ3v) is 4.51. The number of oxazole rings is 1. The summed E-state index contributed by atoms with van der Waals surface area (Å²) < 4.78 is 6.27. The molecule has 0 aliphatic rings. The summed E-state index contributed by atoms with van der Waals surface area (Å²) in [6, 6.07) is 17.7. The summed E-state index contributed by atoms with van der Waals surface area (Å²) in [6.45, 7) is 0. The van der Waals surface area contributed by atoms with Crippen molar-refractivity contribution < 1.29 is 4.42 Å². The molecule has 0 bridgehead atoms. The van der Waals surface area contributed by atoms with Gasteiger partial charge in [-0.2, -0.15) is 0 Å². The van der Waals surface area contributed by atoms with E-state index in [1.807, 2.05) is 54.0 Å². The quantitative estimate of drug-likeness (QED) is 0.401. The fourth-order valence-corrected chi connectivity index (χ4v) is 3.07. The highest BCUT2D eigenvalue weighted by Crippen LogP contribution is 2.15. The molecule has 0 aliphatic carbocycles. The third-order valence-electron chi connectivity index (χ3n) is 3.70. The Labute approximate surface area is 158 Å². The van der Waals surface area contributed by atoms with Crippen molar-refractivity contribution >= 4 is 43.7 Å². The maximum Gasteiger partial charge on any atom is 0.181 e. The van der Waals surface area contributed by atoms with Gasteiger partial charge in [0.1, 0.15) is 5.52 Å². The first-order valence-electron chi connectivity index (χ1n) is 8.20. The Morgan fingerprint density at radius 3 is 2.52 bits per heavy atom. The number of nitrogens with zero attached hydrogens (tertiary/aromatic N) is 4. The van der Waals surface area contributed by atoms with Crippen LogP contribution in [0.15, 0.2) is 89.6 Å². The van der Waals surface area contributed by atoms with Crippen LogP contribution in [-0.2, 0) is 0 Å². The van der Waals surface area contributed by atoms with E-state index in [2.05, 4.69) is 31.0 Å². The molecule has 0 atom stereocenters. The van der Waals surface area contributed by atoms with Crippen molar-refractivity contribution in [3.63, 3.8) is 0 Å². The Bertz CT molecular complexity index is 1010. The van der Waals surface area contributed by atoms with Crippen molar-refractivity contribution in [1.29, 1.82) is 0 Å². The van der Waals surface area contributed by atoms with Gasteiger partial charge in [0.15, 0.2) is 12.0 Å². The third kappa shape index (κ3) is 4.16. The van der Waals surface area contributed by atoms with Gasteiger partial charge in [0.2, 0.25) is 0 Å². The van der Waals surface area contributed by atoms with E-state index in [1.165, 1.54) is 11.1 Å². The number of fused-ring (bicyclic) bond motifs is 3. The largest absolute Gasteiger partial charge is 0.443 e. The molecular formula is C20H15N5OS. The summed E-state index contributed by atoms with van der Waals surface area (Å²) in [5.41, 5.74) is 6.67. The predicted octanol–water partition coefficient (Wildman–Crippen LogP) is 5.08. The zero-order valence-electron chi connectivity index (χ0n) is 14.2. The Morgan fingerprint density at radius 2 is 1.67 bits per heavy atom. The van der Waals surface area contributed by atoms with E-state index in [0.29, 0.717) is 0 Å². The molecule has 0 fully saturated rings. The van der Waals surface area contributed by atoms with E-state index >= 15 is 0 Å². The average molecular weight is 373 g/mol. The molecule has 0 saturated carbocycles. The lowest BCUT2D eigenvalue weighted by atomic mass is 10.3. The van der Waals surface area contributed by atoms with Crippen LogP contribution in [0.1, 0.15) is 0 Å². The molecule has 0 saturated heterocycles. The van der Waals surface area contributed by atoms with Gasteiger partial charge in [-0.15, -0.1) is 11.3 Å². The number of para-hydroxylation sites is 3. The summed E-state index contributed by atoms with van der Waals surface area (Å²) in [4.78, 5) is 19.0. The zero-order chi connectivity index (χ0) is 18.3. The molecule has 2 aromatic carbocycles. The van der Waals surface area contributed by atoms with Crippen LogP contribution in [0.4, 0.5) is 0 Å².